The van der Waals surface area contributed by atoms with E-state index in [1.807, 2.05) is 0 Å². The van der Waals surface area contributed by atoms with Crippen molar-refractivity contribution in [2.45, 2.75) is 6.54 Å². The summed E-state index contributed by atoms with van der Waals surface area (Å²) in [5, 5.41) is 0. The second kappa shape index (κ2) is 6.65. The summed E-state index contributed by atoms with van der Waals surface area (Å²) in [7, 11) is 6.64. The monoisotopic (exact) mass is 329 g/mol. The summed E-state index contributed by atoms with van der Waals surface area (Å²) in [6.45, 7) is 0.875. The standard InChI is InChI=1S/C12H19N7O2.ClH/c1-16(2)11(13)14-5-6-19-7-15-9-8(19)10(20)18(4)12(21)17(9)3;/h7H,5-6H2,1-4H3,(H2,13,14);1H. The van der Waals surface area contributed by atoms with Crippen LogP contribution >= 0.6 is 12.4 Å². The highest BCUT2D eigenvalue weighted by Gasteiger charge is 2.13. The predicted octanol–water partition coefficient (Wildman–Crippen LogP) is -1.27. The molecule has 0 bridgehead atoms. The van der Waals surface area contributed by atoms with Gasteiger partial charge in [-0.1, -0.05) is 0 Å². The molecule has 122 valence electrons. The van der Waals surface area contributed by atoms with Crippen molar-refractivity contribution in [3.8, 4) is 0 Å². The van der Waals surface area contributed by atoms with E-state index in [2.05, 4.69) is 9.98 Å². The van der Waals surface area contributed by atoms with Gasteiger partial charge in [-0.15, -0.1) is 12.4 Å². The molecule has 2 heterocycles. The first-order chi connectivity index (χ1) is 9.84. The molecule has 9 nitrogen and oxygen atoms in total. The zero-order valence-corrected chi connectivity index (χ0v) is 13.8. The largest absolute Gasteiger partial charge is 0.370 e. The van der Waals surface area contributed by atoms with Crippen LogP contribution in [0.15, 0.2) is 20.9 Å². The predicted molar refractivity (Wildman–Crippen MR) is 87.6 cm³/mol. The van der Waals surface area contributed by atoms with Crippen molar-refractivity contribution < 1.29 is 0 Å². The highest BCUT2D eigenvalue weighted by molar-refractivity contribution is 5.85. The number of hydrogen-bond acceptors (Lipinski definition) is 4. The molecule has 0 saturated heterocycles. The Labute approximate surface area is 133 Å². The molecule has 2 rings (SSSR count). The van der Waals surface area contributed by atoms with Gasteiger partial charge in [0.25, 0.3) is 5.56 Å². The van der Waals surface area contributed by atoms with Gasteiger partial charge >= 0.3 is 5.69 Å². The zero-order valence-electron chi connectivity index (χ0n) is 13.0. The molecule has 0 atom stereocenters. The summed E-state index contributed by atoms with van der Waals surface area (Å²) in [6.07, 6.45) is 1.53. The number of aromatic nitrogens is 4. The number of rotatable bonds is 3. The molecule has 0 aromatic carbocycles. The SMILES string of the molecule is CN(C)C(N)=NCCn1cnc2c1c(=O)n(C)c(=O)n2C.Cl. The van der Waals surface area contributed by atoms with Crippen molar-refractivity contribution in [2.24, 2.45) is 24.8 Å². The van der Waals surface area contributed by atoms with E-state index in [1.54, 1.807) is 30.6 Å². The number of imidazole rings is 1. The van der Waals surface area contributed by atoms with E-state index in [0.717, 1.165) is 4.57 Å². The second-order valence-corrected chi connectivity index (χ2v) is 4.95. The van der Waals surface area contributed by atoms with Gasteiger partial charge in [-0.25, -0.2) is 9.78 Å². The van der Waals surface area contributed by atoms with E-state index >= 15 is 0 Å². The molecule has 0 amide bonds. The fourth-order valence-corrected chi connectivity index (χ4v) is 1.98. The molecule has 0 saturated carbocycles. The highest BCUT2D eigenvalue weighted by atomic mass is 35.5. The molecular formula is C12H20ClN7O2. The van der Waals surface area contributed by atoms with Crippen molar-refractivity contribution >= 4 is 29.5 Å². The highest BCUT2D eigenvalue weighted by Crippen LogP contribution is 2.05. The molecule has 2 aromatic heterocycles. The Morgan fingerprint density at radius 2 is 1.95 bits per heavy atom. The lowest BCUT2D eigenvalue weighted by molar-refractivity contribution is 0.604. The van der Waals surface area contributed by atoms with Crippen LogP contribution in [-0.4, -0.2) is 50.2 Å². The van der Waals surface area contributed by atoms with Gasteiger partial charge in [-0.05, 0) is 0 Å². The second-order valence-electron chi connectivity index (χ2n) is 4.95. The quantitative estimate of drug-likeness (QED) is 0.558. The van der Waals surface area contributed by atoms with Crippen LogP contribution in [0.3, 0.4) is 0 Å². The minimum atomic E-state index is -0.396. The number of fused-ring (bicyclic) bond motifs is 1. The number of aliphatic imine (C=N–C) groups is 1. The molecule has 0 spiro atoms. The zero-order chi connectivity index (χ0) is 15.7. The van der Waals surface area contributed by atoms with Crippen LogP contribution in [-0.2, 0) is 20.6 Å². The van der Waals surface area contributed by atoms with Crippen molar-refractivity contribution in [1.29, 1.82) is 0 Å². The molecule has 0 unspecified atom stereocenters. The average molecular weight is 330 g/mol. The maximum absolute atomic E-state index is 12.2. The first kappa shape index (κ1) is 17.8. The topological polar surface area (TPSA) is 103 Å². The molecular weight excluding hydrogens is 310 g/mol. The summed E-state index contributed by atoms with van der Waals surface area (Å²) < 4.78 is 4.10. The van der Waals surface area contributed by atoms with Crippen LogP contribution in [0.5, 0.6) is 0 Å². The minimum Gasteiger partial charge on any atom is -0.370 e. The Morgan fingerprint density at radius 3 is 2.55 bits per heavy atom. The van der Waals surface area contributed by atoms with Crippen molar-refractivity contribution in [1.82, 2.24) is 23.6 Å². The van der Waals surface area contributed by atoms with E-state index < -0.39 is 5.69 Å². The van der Waals surface area contributed by atoms with Crippen LogP contribution in [0.25, 0.3) is 11.2 Å². The normalized spacial score (nSPS) is 11.5. The van der Waals surface area contributed by atoms with Gasteiger partial charge in [0.1, 0.15) is 0 Å². The minimum absolute atomic E-state index is 0. The molecule has 10 heteroatoms. The lowest BCUT2D eigenvalue weighted by Gasteiger charge is -2.10. The number of halogens is 1. The van der Waals surface area contributed by atoms with Crippen LogP contribution in [0.1, 0.15) is 0 Å². The third-order valence-corrected chi connectivity index (χ3v) is 3.29. The Balaban J connectivity index is 0.00000242. The van der Waals surface area contributed by atoms with Gasteiger partial charge in [0.15, 0.2) is 17.1 Å². The lowest BCUT2D eigenvalue weighted by atomic mass is 10.5. The van der Waals surface area contributed by atoms with Crippen LogP contribution < -0.4 is 17.0 Å². The number of nitrogens with two attached hydrogens (primary N) is 1. The smallest absolute Gasteiger partial charge is 0.332 e. The van der Waals surface area contributed by atoms with Gasteiger partial charge in [0, 0.05) is 34.7 Å². The first-order valence-electron chi connectivity index (χ1n) is 6.42. The van der Waals surface area contributed by atoms with Gasteiger partial charge < -0.3 is 15.2 Å². The summed E-state index contributed by atoms with van der Waals surface area (Å²) >= 11 is 0. The van der Waals surface area contributed by atoms with E-state index in [-0.39, 0.29) is 18.0 Å². The van der Waals surface area contributed by atoms with Crippen LogP contribution in [0.4, 0.5) is 0 Å². The van der Waals surface area contributed by atoms with E-state index in [0.29, 0.717) is 30.2 Å². The molecule has 0 aliphatic heterocycles. The van der Waals surface area contributed by atoms with Crippen molar-refractivity contribution in [3.05, 3.63) is 27.2 Å². The summed E-state index contributed by atoms with van der Waals surface area (Å²) in [4.78, 5) is 34.1. The summed E-state index contributed by atoms with van der Waals surface area (Å²) in [6, 6.07) is 0. The van der Waals surface area contributed by atoms with E-state index in [9.17, 15) is 9.59 Å². The maximum Gasteiger partial charge on any atom is 0.332 e. The van der Waals surface area contributed by atoms with Gasteiger partial charge in [-0.3, -0.25) is 18.9 Å². The average Bonchev–Trinajstić information content (AvgIpc) is 2.86. The third kappa shape index (κ3) is 2.98. The Hall–Kier alpha value is -2.29. The number of guanidine groups is 1. The van der Waals surface area contributed by atoms with Gasteiger partial charge in [-0.2, -0.15) is 0 Å². The van der Waals surface area contributed by atoms with Crippen molar-refractivity contribution in [2.75, 3.05) is 20.6 Å². The molecule has 2 N–H and O–H groups in total. The fraction of sp³-hybridized carbons (Fsp3) is 0.500. The number of aryl methyl sites for hydroxylation is 1. The van der Waals surface area contributed by atoms with Crippen LogP contribution in [0, 0.1) is 0 Å². The third-order valence-electron chi connectivity index (χ3n) is 3.29. The molecule has 0 aliphatic rings. The molecule has 0 radical (unpaired) electrons. The Kier molecular flexibility index (Phi) is 5.37. The molecule has 22 heavy (non-hydrogen) atoms. The van der Waals surface area contributed by atoms with E-state index in [4.69, 9.17) is 5.73 Å². The summed E-state index contributed by atoms with van der Waals surface area (Å²) in [5.41, 5.74) is 5.70. The van der Waals surface area contributed by atoms with Crippen LogP contribution in [0.2, 0.25) is 0 Å². The van der Waals surface area contributed by atoms with Gasteiger partial charge in [0.05, 0.1) is 12.9 Å². The number of hydrogen-bond donors (Lipinski definition) is 1. The Bertz CT molecular complexity index is 815. The maximum atomic E-state index is 12.2. The number of nitrogens with zero attached hydrogens (tertiary/aromatic N) is 6. The molecule has 0 aliphatic carbocycles. The first-order valence-corrected chi connectivity index (χ1v) is 6.42. The Morgan fingerprint density at radius 1 is 1.32 bits per heavy atom. The molecule has 2 aromatic rings. The molecule has 0 fully saturated rings. The van der Waals surface area contributed by atoms with Crippen molar-refractivity contribution in [3.63, 3.8) is 0 Å². The lowest BCUT2D eigenvalue weighted by Crippen LogP contribution is -2.37. The summed E-state index contributed by atoms with van der Waals surface area (Å²) in [5.74, 6) is 0.416. The van der Waals surface area contributed by atoms with E-state index in [1.165, 1.54) is 17.9 Å². The fourth-order valence-electron chi connectivity index (χ4n) is 1.98. The van der Waals surface area contributed by atoms with Gasteiger partial charge in [0.2, 0.25) is 0 Å².